The fourth-order valence-corrected chi connectivity index (χ4v) is 1.01. The fraction of sp³-hybridized carbons (Fsp3) is 0.300. The minimum atomic E-state index is -0.851. The number of hydrogen-bond acceptors (Lipinski definition) is 3. The van der Waals surface area contributed by atoms with E-state index in [0.29, 0.717) is 6.07 Å². The van der Waals surface area contributed by atoms with E-state index in [2.05, 4.69) is 5.32 Å². The molecule has 1 aromatic carbocycles. The van der Waals surface area contributed by atoms with Crippen LogP contribution in [0.3, 0.4) is 0 Å². The molecule has 0 aliphatic rings. The molecular weight excluding hydrogens is 220 g/mol. The van der Waals surface area contributed by atoms with Gasteiger partial charge in [-0.25, -0.2) is 8.78 Å². The molecule has 88 valence electrons. The van der Waals surface area contributed by atoms with Crippen LogP contribution in [0.4, 0.5) is 14.5 Å². The van der Waals surface area contributed by atoms with Crippen molar-refractivity contribution in [2.75, 3.05) is 25.1 Å². The summed E-state index contributed by atoms with van der Waals surface area (Å²) in [7, 11) is 0. The molecule has 0 saturated heterocycles. The van der Waals surface area contributed by atoms with Crippen LogP contribution in [0.1, 0.15) is 0 Å². The highest BCUT2D eigenvalue weighted by Gasteiger charge is 2.07. The minimum absolute atomic E-state index is 0.0271. The molecular formula is C10H11F2NO3. The number of amides is 1. The Bertz CT molecular complexity index is 371. The number of rotatable bonds is 5. The number of halogens is 2. The van der Waals surface area contributed by atoms with Crippen LogP contribution in [-0.4, -0.2) is 30.8 Å². The van der Waals surface area contributed by atoms with Gasteiger partial charge in [0.05, 0.1) is 18.9 Å². The highest BCUT2D eigenvalue weighted by Crippen LogP contribution is 2.14. The van der Waals surface area contributed by atoms with Crippen molar-refractivity contribution in [2.45, 2.75) is 0 Å². The number of anilines is 1. The van der Waals surface area contributed by atoms with E-state index in [0.717, 1.165) is 12.1 Å². The van der Waals surface area contributed by atoms with E-state index in [1.54, 1.807) is 0 Å². The monoisotopic (exact) mass is 231 g/mol. The summed E-state index contributed by atoms with van der Waals surface area (Å²) in [6, 6.07) is 2.83. The van der Waals surface area contributed by atoms with Crippen molar-refractivity contribution in [1.82, 2.24) is 0 Å². The number of nitrogens with one attached hydrogen (secondary N) is 1. The molecule has 0 bridgehead atoms. The first-order valence-corrected chi connectivity index (χ1v) is 4.57. The second-order valence-corrected chi connectivity index (χ2v) is 2.95. The molecule has 6 heteroatoms. The van der Waals surface area contributed by atoms with Crippen molar-refractivity contribution in [3.8, 4) is 0 Å². The van der Waals surface area contributed by atoms with E-state index >= 15 is 0 Å². The topological polar surface area (TPSA) is 58.6 Å². The van der Waals surface area contributed by atoms with Crippen LogP contribution in [0.25, 0.3) is 0 Å². The molecule has 0 heterocycles. The van der Waals surface area contributed by atoms with Crippen LogP contribution < -0.4 is 5.32 Å². The SMILES string of the molecule is O=C(COCCO)Nc1ccc(F)cc1F. The third kappa shape index (κ3) is 3.92. The lowest BCUT2D eigenvalue weighted by Gasteiger charge is -2.06. The van der Waals surface area contributed by atoms with E-state index in [1.165, 1.54) is 0 Å². The Morgan fingerprint density at radius 3 is 2.81 bits per heavy atom. The summed E-state index contributed by atoms with van der Waals surface area (Å²) >= 11 is 0. The Hall–Kier alpha value is -1.53. The van der Waals surface area contributed by atoms with Crippen molar-refractivity contribution >= 4 is 11.6 Å². The summed E-state index contributed by atoms with van der Waals surface area (Å²) in [6.07, 6.45) is 0. The molecule has 0 radical (unpaired) electrons. The Balaban J connectivity index is 2.49. The number of aliphatic hydroxyl groups is 1. The quantitative estimate of drug-likeness (QED) is 0.740. The first kappa shape index (κ1) is 12.5. The van der Waals surface area contributed by atoms with Crippen molar-refractivity contribution < 1.29 is 23.4 Å². The van der Waals surface area contributed by atoms with Gasteiger partial charge in [0.15, 0.2) is 0 Å². The van der Waals surface area contributed by atoms with Gasteiger partial charge in [-0.15, -0.1) is 0 Å². The predicted octanol–water partition coefficient (Wildman–Crippen LogP) is 0.912. The minimum Gasteiger partial charge on any atom is -0.394 e. The number of aliphatic hydroxyl groups excluding tert-OH is 1. The standard InChI is InChI=1S/C10H11F2NO3/c11-7-1-2-9(8(12)5-7)13-10(15)6-16-4-3-14/h1-2,5,14H,3-4,6H2,(H,13,15). The fourth-order valence-electron chi connectivity index (χ4n) is 1.01. The Morgan fingerprint density at radius 2 is 2.19 bits per heavy atom. The number of benzene rings is 1. The molecule has 16 heavy (non-hydrogen) atoms. The van der Waals surface area contributed by atoms with Crippen molar-refractivity contribution in [3.05, 3.63) is 29.8 Å². The maximum atomic E-state index is 13.1. The van der Waals surface area contributed by atoms with Gasteiger partial charge < -0.3 is 15.2 Å². The van der Waals surface area contributed by atoms with Crippen LogP contribution in [0.15, 0.2) is 18.2 Å². The van der Waals surface area contributed by atoms with Gasteiger partial charge in [-0.3, -0.25) is 4.79 Å². The normalized spacial score (nSPS) is 10.2. The Kier molecular flexibility index (Phi) is 4.81. The molecule has 0 atom stereocenters. The smallest absolute Gasteiger partial charge is 0.250 e. The molecule has 1 rings (SSSR count). The van der Waals surface area contributed by atoms with Crippen molar-refractivity contribution in [2.24, 2.45) is 0 Å². The summed E-state index contributed by atoms with van der Waals surface area (Å²) < 4.78 is 30.3. The van der Waals surface area contributed by atoms with Gasteiger partial charge in [0, 0.05) is 6.07 Å². The van der Waals surface area contributed by atoms with Gasteiger partial charge in [-0.2, -0.15) is 0 Å². The lowest BCUT2D eigenvalue weighted by atomic mass is 10.3. The van der Waals surface area contributed by atoms with Gasteiger partial charge in [0.1, 0.15) is 18.2 Å². The van der Waals surface area contributed by atoms with Crippen LogP contribution in [0, 0.1) is 11.6 Å². The van der Waals surface area contributed by atoms with Gasteiger partial charge in [-0.05, 0) is 12.1 Å². The second-order valence-electron chi connectivity index (χ2n) is 2.95. The van der Waals surface area contributed by atoms with Gasteiger partial charge in [0.2, 0.25) is 5.91 Å². The molecule has 0 fully saturated rings. The molecule has 0 aliphatic carbocycles. The second kappa shape index (κ2) is 6.14. The summed E-state index contributed by atoms with van der Waals surface area (Å²) in [5, 5.41) is 10.6. The van der Waals surface area contributed by atoms with Crippen LogP contribution in [-0.2, 0) is 9.53 Å². The average Bonchev–Trinajstić information content (AvgIpc) is 2.23. The lowest BCUT2D eigenvalue weighted by molar-refractivity contribution is -0.120. The third-order valence-corrected chi connectivity index (χ3v) is 1.67. The van der Waals surface area contributed by atoms with E-state index in [1.807, 2.05) is 0 Å². The summed E-state index contributed by atoms with van der Waals surface area (Å²) in [6.45, 7) is -0.463. The van der Waals surface area contributed by atoms with E-state index < -0.39 is 17.5 Å². The van der Waals surface area contributed by atoms with Crippen LogP contribution in [0.5, 0.6) is 0 Å². The molecule has 0 unspecified atom stereocenters. The van der Waals surface area contributed by atoms with E-state index in [-0.39, 0.29) is 25.5 Å². The van der Waals surface area contributed by atoms with E-state index in [9.17, 15) is 13.6 Å². The molecule has 0 aliphatic heterocycles. The highest BCUT2D eigenvalue weighted by atomic mass is 19.1. The van der Waals surface area contributed by atoms with Crippen LogP contribution >= 0.6 is 0 Å². The number of carbonyl (C=O) groups is 1. The zero-order valence-electron chi connectivity index (χ0n) is 8.37. The third-order valence-electron chi connectivity index (χ3n) is 1.67. The molecule has 0 spiro atoms. The van der Waals surface area contributed by atoms with Crippen molar-refractivity contribution in [3.63, 3.8) is 0 Å². The number of carbonyl (C=O) groups excluding carboxylic acids is 1. The first-order chi connectivity index (χ1) is 7.63. The largest absolute Gasteiger partial charge is 0.394 e. The molecule has 4 nitrogen and oxygen atoms in total. The zero-order chi connectivity index (χ0) is 12.0. The zero-order valence-corrected chi connectivity index (χ0v) is 8.37. The average molecular weight is 231 g/mol. The van der Waals surface area contributed by atoms with Gasteiger partial charge in [0.25, 0.3) is 0 Å². The summed E-state index contributed by atoms with van der Waals surface area (Å²) in [5.41, 5.74) is -0.112. The summed E-state index contributed by atoms with van der Waals surface area (Å²) in [5.74, 6) is -2.14. The lowest BCUT2D eigenvalue weighted by Crippen LogP contribution is -2.20. The maximum Gasteiger partial charge on any atom is 0.250 e. The molecule has 1 aromatic rings. The van der Waals surface area contributed by atoms with Crippen molar-refractivity contribution in [1.29, 1.82) is 0 Å². The summed E-state index contributed by atoms with van der Waals surface area (Å²) in [4.78, 5) is 11.1. The van der Waals surface area contributed by atoms with E-state index in [4.69, 9.17) is 9.84 Å². The molecule has 0 saturated carbocycles. The van der Waals surface area contributed by atoms with Crippen LogP contribution in [0.2, 0.25) is 0 Å². The van der Waals surface area contributed by atoms with Gasteiger partial charge in [-0.1, -0.05) is 0 Å². The number of ether oxygens (including phenoxy) is 1. The number of hydrogen-bond donors (Lipinski definition) is 2. The highest BCUT2D eigenvalue weighted by molar-refractivity contribution is 5.91. The Labute approximate surface area is 90.8 Å². The predicted molar refractivity (Wildman–Crippen MR) is 52.9 cm³/mol. The first-order valence-electron chi connectivity index (χ1n) is 4.57. The molecule has 0 aromatic heterocycles. The Morgan fingerprint density at radius 1 is 1.44 bits per heavy atom. The van der Waals surface area contributed by atoms with Gasteiger partial charge >= 0.3 is 0 Å². The maximum absolute atomic E-state index is 13.1. The molecule has 1 amide bonds. The molecule has 2 N–H and O–H groups in total.